The lowest BCUT2D eigenvalue weighted by molar-refractivity contribution is -0.135. The minimum atomic E-state index is -0.234. The van der Waals surface area contributed by atoms with Crippen molar-refractivity contribution in [3.05, 3.63) is 0 Å². The van der Waals surface area contributed by atoms with E-state index in [0.717, 1.165) is 31.7 Å². The molecule has 1 saturated heterocycles. The highest BCUT2D eigenvalue weighted by atomic mass is 16.2. The molecule has 1 rings (SSSR count). The van der Waals surface area contributed by atoms with Crippen LogP contribution >= 0.6 is 0 Å². The lowest BCUT2D eigenvalue weighted by Crippen LogP contribution is -2.45. The summed E-state index contributed by atoms with van der Waals surface area (Å²) in [7, 11) is 0. The van der Waals surface area contributed by atoms with Gasteiger partial charge in [0.25, 0.3) is 0 Å². The summed E-state index contributed by atoms with van der Waals surface area (Å²) < 4.78 is 0. The Bertz CT molecular complexity index is 245. The molecule has 2 N–H and O–H groups in total. The number of nitrogens with zero attached hydrogens (tertiary/aromatic N) is 1. The van der Waals surface area contributed by atoms with Gasteiger partial charge < -0.3 is 10.6 Å². The van der Waals surface area contributed by atoms with Crippen molar-refractivity contribution in [1.82, 2.24) is 4.90 Å². The highest BCUT2D eigenvalue weighted by Gasteiger charge is 2.27. The van der Waals surface area contributed by atoms with Crippen LogP contribution in [0.25, 0.3) is 0 Å². The van der Waals surface area contributed by atoms with Crippen molar-refractivity contribution < 1.29 is 4.79 Å². The Hall–Kier alpha value is -0.570. The summed E-state index contributed by atoms with van der Waals surface area (Å²) >= 11 is 0. The number of hydrogen-bond donors (Lipinski definition) is 1. The summed E-state index contributed by atoms with van der Waals surface area (Å²) in [6.07, 6.45) is 3.63. The summed E-state index contributed by atoms with van der Waals surface area (Å²) in [5, 5.41) is 0. The minimum absolute atomic E-state index is 0.234. The van der Waals surface area contributed by atoms with Crippen molar-refractivity contribution in [3.63, 3.8) is 0 Å². The Labute approximate surface area is 99.4 Å². The minimum Gasteiger partial charge on any atom is -0.340 e. The zero-order valence-corrected chi connectivity index (χ0v) is 11.1. The van der Waals surface area contributed by atoms with E-state index in [1.807, 2.05) is 18.7 Å². The first-order chi connectivity index (χ1) is 7.29. The SMILES string of the molecule is CC1CCN(C(=O)CCC(C)(C)N)C(C)C1. The smallest absolute Gasteiger partial charge is 0.222 e. The molecule has 1 fully saturated rings. The van der Waals surface area contributed by atoms with Crippen LogP contribution < -0.4 is 5.73 Å². The van der Waals surface area contributed by atoms with Crippen LogP contribution in [-0.2, 0) is 4.79 Å². The third-order valence-electron chi connectivity index (χ3n) is 3.44. The molecular formula is C13H26N2O. The molecule has 2 atom stereocenters. The molecule has 1 aliphatic rings. The average molecular weight is 226 g/mol. The summed E-state index contributed by atoms with van der Waals surface area (Å²) in [6.45, 7) is 9.29. The van der Waals surface area contributed by atoms with E-state index in [1.54, 1.807) is 0 Å². The molecule has 2 unspecified atom stereocenters. The maximum absolute atomic E-state index is 12.0. The van der Waals surface area contributed by atoms with E-state index in [9.17, 15) is 4.79 Å². The van der Waals surface area contributed by atoms with Gasteiger partial charge >= 0.3 is 0 Å². The Morgan fingerprint density at radius 1 is 1.44 bits per heavy atom. The van der Waals surface area contributed by atoms with Crippen molar-refractivity contribution in [2.75, 3.05) is 6.54 Å². The standard InChI is InChI=1S/C13H26N2O/c1-10-6-8-15(11(2)9-10)12(16)5-7-13(3,4)14/h10-11H,5-9,14H2,1-4H3. The van der Waals surface area contributed by atoms with Gasteiger partial charge in [-0.15, -0.1) is 0 Å². The van der Waals surface area contributed by atoms with Gasteiger partial charge in [-0.1, -0.05) is 6.92 Å². The predicted octanol–water partition coefficient (Wildman–Crippen LogP) is 2.15. The molecule has 1 aliphatic heterocycles. The first kappa shape index (κ1) is 13.5. The van der Waals surface area contributed by atoms with Crippen LogP contribution in [0.15, 0.2) is 0 Å². The van der Waals surface area contributed by atoms with Crippen molar-refractivity contribution in [2.24, 2.45) is 11.7 Å². The van der Waals surface area contributed by atoms with Crippen LogP contribution in [0.5, 0.6) is 0 Å². The van der Waals surface area contributed by atoms with Gasteiger partial charge in [0.1, 0.15) is 0 Å². The second-order valence-electron chi connectivity index (χ2n) is 6.05. The van der Waals surface area contributed by atoms with E-state index in [4.69, 9.17) is 5.73 Å². The number of carbonyl (C=O) groups excluding carboxylic acids is 1. The zero-order valence-electron chi connectivity index (χ0n) is 11.1. The molecule has 0 aromatic rings. The van der Waals surface area contributed by atoms with Crippen LogP contribution in [-0.4, -0.2) is 28.9 Å². The van der Waals surface area contributed by atoms with Crippen LogP contribution in [0.4, 0.5) is 0 Å². The fraction of sp³-hybridized carbons (Fsp3) is 0.923. The number of likely N-dealkylation sites (tertiary alicyclic amines) is 1. The Kier molecular flexibility index (Phi) is 4.36. The zero-order chi connectivity index (χ0) is 12.3. The third-order valence-corrected chi connectivity index (χ3v) is 3.44. The number of rotatable bonds is 3. The second kappa shape index (κ2) is 5.17. The van der Waals surface area contributed by atoms with Crippen LogP contribution in [0.2, 0.25) is 0 Å². The molecule has 1 heterocycles. The Morgan fingerprint density at radius 3 is 2.56 bits per heavy atom. The third kappa shape index (κ3) is 4.12. The largest absolute Gasteiger partial charge is 0.340 e. The van der Waals surface area contributed by atoms with Crippen LogP contribution in [0, 0.1) is 5.92 Å². The highest BCUT2D eigenvalue weighted by Crippen LogP contribution is 2.23. The summed E-state index contributed by atoms with van der Waals surface area (Å²) in [5.41, 5.74) is 5.67. The monoisotopic (exact) mass is 226 g/mol. The first-order valence-corrected chi connectivity index (χ1v) is 6.38. The van der Waals surface area contributed by atoms with E-state index in [2.05, 4.69) is 13.8 Å². The maximum atomic E-state index is 12.0. The molecule has 0 radical (unpaired) electrons. The fourth-order valence-electron chi connectivity index (χ4n) is 2.35. The molecular weight excluding hydrogens is 200 g/mol. The molecule has 0 saturated carbocycles. The van der Waals surface area contributed by atoms with E-state index < -0.39 is 0 Å². The molecule has 0 bridgehead atoms. The van der Waals surface area contributed by atoms with Gasteiger partial charge in [-0.25, -0.2) is 0 Å². The number of piperidine rings is 1. The summed E-state index contributed by atoms with van der Waals surface area (Å²) in [5.74, 6) is 1.03. The number of nitrogens with two attached hydrogens (primary N) is 1. The predicted molar refractivity (Wildman–Crippen MR) is 67.1 cm³/mol. The van der Waals surface area contributed by atoms with Gasteiger partial charge in [-0.3, -0.25) is 4.79 Å². The Balaban J connectivity index is 2.42. The van der Waals surface area contributed by atoms with Gasteiger partial charge in [0.15, 0.2) is 0 Å². The average Bonchev–Trinajstić information content (AvgIpc) is 2.13. The summed E-state index contributed by atoms with van der Waals surface area (Å²) in [4.78, 5) is 14.1. The molecule has 0 aliphatic carbocycles. The van der Waals surface area contributed by atoms with Crippen LogP contribution in [0.1, 0.15) is 53.4 Å². The summed E-state index contributed by atoms with van der Waals surface area (Å²) in [6, 6.07) is 0.400. The second-order valence-corrected chi connectivity index (χ2v) is 6.05. The van der Waals surface area contributed by atoms with Gasteiger partial charge in [-0.05, 0) is 46.0 Å². The first-order valence-electron chi connectivity index (χ1n) is 6.38. The van der Waals surface area contributed by atoms with Crippen molar-refractivity contribution in [1.29, 1.82) is 0 Å². The molecule has 3 nitrogen and oxygen atoms in total. The van der Waals surface area contributed by atoms with Gasteiger partial charge in [0.05, 0.1) is 0 Å². The molecule has 0 spiro atoms. The van der Waals surface area contributed by atoms with Crippen molar-refractivity contribution >= 4 is 5.91 Å². The van der Waals surface area contributed by atoms with E-state index in [1.165, 1.54) is 0 Å². The lowest BCUT2D eigenvalue weighted by atomic mass is 9.92. The van der Waals surface area contributed by atoms with Crippen molar-refractivity contribution in [3.8, 4) is 0 Å². The quantitative estimate of drug-likeness (QED) is 0.801. The van der Waals surface area contributed by atoms with Gasteiger partial charge in [0, 0.05) is 24.5 Å². The van der Waals surface area contributed by atoms with Gasteiger partial charge in [0.2, 0.25) is 5.91 Å². The number of carbonyl (C=O) groups is 1. The maximum Gasteiger partial charge on any atom is 0.222 e. The van der Waals surface area contributed by atoms with Gasteiger partial charge in [-0.2, -0.15) is 0 Å². The molecule has 0 aromatic carbocycles. The van der Waals surface area contributed by atoms with E-state index >= 15 is 0 Å². The van der Waals surface area contributed by atoms with Crippen LogP contribution in [0.3, 0.4) is 0 Å². The molecule has 1 amide bonds. The normalized spacial score (nSPS) is 26.9. The molecule has 16 heavy (non-hydrogen) atoms. The fourth-order valence-corrected chi connectivity index (χ4v) is 2.35. The highest BCUT2D eigenvalue weighted by molar-refractivity contribution is 5.76. The molecule has 3 heteroatoms. The van der Waals surface area contributed by atoms with Crippen molar-refractivity contribution in [2.45, 2.75) is 65.0 Å². The number of amides is 1. The lowest BCUT2D eigenvalue weighted by Gasteiger charge is -2.37. The van der Waals surface area contributed by atoms with E-state index in [0.29, 0.717) is 12.5 Å². The Morgan fingerprint density at radius 2 is 2.06 bits per heavy atom. The topological polar surface area (TPSA) is 46.3 Å². The molecule has 94 valence electrons. The molecule has 0 aromatic heterocycles. The van der Waals surface area contributed by atoms with E-state index in [-0.39, 0.29) is 11.4 Å². The number of hydrogen-bond acceptors (Lipinski definition) is 2.